The van der Waals surface area contributed by atoms with Crippen LogP contribution in [0, 0.1) is 0 Å². The Bertz CT molecular complexity index is 772. The zero-order valence-electron chi connectivity index (χ0n) is 15.4. The van der Waals surface area contributed by atoms with Crippen LogP contribution in [-0.4, -0.2) is 25.9 Å². The topological polar surface area (TPSA) is 68.8 Å². The number of rotatable bonds is 8. The fourth-order valence-corrected chi connectivity index (χ4v) is 2.79. The molecule has 0 radical (unpaired) electrons. The van der Waals surface area contributed by atoms with Gasteiger partial charge in [0.05, 0.1) is 36.2 Å². The maximum Gasteiger partial charge on any atom is 0.323 e. The van der Waals surface area contributed by atoms with Crippen molar-refractivity contribution < 1.29 is 19.0 Å². The van der Waals surface area contributed by atoms with Crippen molar-refractivity contribution in [2.24, 2.45) is 0 Å². The van der Waals surface area contributed by atoms with E-state index >= 15 is 0 Å². The van der Waals surface area contributed by atoms with E-state index in [2.05, 4.69) is 10.6 Å². The number of urea groups is 1. The summed E-state index contributed by atoms with van der Waals surface area (Å²) < 4.78 is 16.9. The molecule has 8 heteroatoms. The predicted octanol–water partition coefficient (Wildman–Crippen LogP) is 5.83. The molecule has 0 saturated carbocycles. The lowest BCUT2D eigenvalue weighted by molar-refractivity contribution is 0.260. The fraction of sp³-hybridized carbons (Fsp3) is 0.316. The summed E-state index contributed by atoms with van der Waals surface area (Å²) in [5.74, 6) is 1.49. The van der Waals surface area contributed by atoms with Gasteiger partial charge in [0.2, 0.25) is 5.75 Å². The van der Waals surface area contributed by atoms with Crippen LogP contribution in [0.4, 0.5) is 16.2 Å². The zero-order valence-corrected chi connectivity index (χ0v) is 16.9. The minimum absolute atomic E-state index is 0.342. The highest BCUT2D eigenvalue weighted by molar-refractivity contribution is 6.36. The number of benzene rings is 2. The molecule has 0 bridgehead atoms. The number of hydrogen-bond acceptors (Lipinski definition) is 4. The highest BCUT2D eigenvalue weighted by Crippen LogP contribution is 2.41. The summed E-state index contributed by atoms with van der Waals surface area (Å²) in [6.07, 6.45) is 0. The van der Waals surface area contributed by atoms with Gasteiger partial charge in [0, 0.05) is 17.2 Å². The molecule has 0 aliphatic rings. The number of ether oxygens (including phenoxy) is 3. The van der Waals surface area contributed by atoms with E-state index in [1.807, 2.05) is 20.8 Å². The van der Waals surface area contributed by atoms with Crippen molar-refractivity contribution in [3.8, 4) is 17.2 Å². The van der Waals surface area contributed by atoms with E-state index in [1.54, 1.807) is 30.3 Å². The van der Waals surface area contributed by atoms with Crippen LogP contribution in [0.1, 0.15) is 20.8 Å². The summed E-state index contributed by atoms with van der Waals surface area (Å²) in [5.41, 5.74) is 0.938. The van der Waals surface area contributed by atoms with Gasteiger partial charge in [-0.1, -0.05) is 23.2 Å². The summed E-state index contributed by atoms with van der Waals surface area (Å²) >= 11 is 11.9. The number of hydrogen-bond donors (Lipinski definition) is 2. The van der Waals surface area contributed by atoms with Crippen LogP contribution in [0.15, 0.2) is 30.3 Å². The maximum atomic E-state index is 12.3. The third kappa shape index (κ3) is 5.84. The first-order valence-corrected chi connectivity index (χ1v) is 9.33. The Labute approximate surface area is 168 Å². The quantitative estimate of drug-likeness (QED) is 0.571. The minimum Gasteiger partial charge on any atom is -0.490 e. The lowest BCUT2D eigenvalue weighted by Crippen LogP contribution is -2.19. The molecule has 2 aromatic rings. The molecule has 2 rings (SSSR count). The van der Waals surface area contributed by atoms with Crippen molar-refractivity contribution in [1.82, 2.24) is 0 Å². The van der Waals surface area contributed by atoms with Crippen LogP contribution < -0.4 is 24.8 Å². The van der Waals surface area contributed by atoms with Crippen LogP contribution in [0.2, 0.25) is 10.0 Å². The highest BCUT2D eigenvalue weighted by atomic mass is 35.5. The average Bonchev–Trinajstić information content (AvgIpc) is 2.61. The van der Waals surface area contributed by atoms with Gasteiger partial charge in [-0.15, -0.1) is 0 Å². The second-order valence-electron chi connectivity index (χ2n) is 5.30. The van der Waals surface area contributed by atoms with Gasteiger partial charge in [0.1, 0.15) is 0 Å². The molecule has 2 aromatic carbocycles. The summed E-state index contributed by atoms with van der Waals surface area (Å²) in [6.45, 7) is 6.96. The molecule has 27 heavy (non-hydrogen) atoms. The lowest BCUT2D eigenvalue weighted by Gasteiger charge is -2.17. The van der Waals surface area contributed by atoms with Gasteiger partial charge < -0.3 is 24.8 Å². The molecule has 0 fully saturated rings. The molecule has 0 aliphatic heterocycles. The molecule has 0 heterocycles. The van der Waals surface area contributed by atoms with E-state index in [9.17, 15) is 4.79 Å². The van der Waals surface area contributed by atoms with Gasteiger partial charge in [-0.05, 0) is 39.0 Å². The van der Waals surface area contributed by atoms with E-state index in [0.29, 0.717) is 58.5 Å². The molecule has 6 nitrogen and oxygen atoms in total. The molecule has 0 atom stereocenters. The Hall–Kier alpha value is -2.31. The third-order valence-corrected chi connectivity index (χ3v) is 3.89. The molecule has 0 aliphatic carbocycles. The lowest BCUT2D eigenvalue weighted by atomic mass is 10.2. The Morgan fingerprint density at radius 2 is 1.48 bits per heavy atom. The largest absolute Gasteiger partial charge is 0.490 e. The molecule has 0 aromatic heterocycles. The van der Waals surface area contributed by atoms with Crippen LogP contribution >= 0.6 is 23.2 Å². The number of carbonyl (C=O) groups is 1. The average molecular weight is 413 g/mol. The first-order chi connectivity index (χ1) is 13.0. The number of amides is 2. The monoisotopic (exact) mass is 412 g/mol. The predicted molar refractivity (Wildman–Crippen MR) is 109 cm³/mol. The van der Waals surface area contributed by atoms with Gasteiger partial charge in [0.15, 0.2) is 11.5 Å². The van der Waals surface area contributed by atoms with E-state index in [1.165, 1.54) is 0 Å². The summed E-state index contributed by atoms with van der Waals surface area (Å²) in [4.78, 5) is 12.3. The number of carbonyl (C=O) groups excluding carboxylic acids is 1. The highest BCUT2D eigenvalue weighted by Gasteiger charge is 2.16. The number of nitrogens with one attached hydrogen (secondary N) is 2. The van der Waals surface area contributed by atoms with E-state index in [0.717, 1.165) is 0 Å². The van der Waals surface area contributed by atoms with Crippen LogP contribution in [0.25, 0.3) is 0 Å². The second-order valence-corrected chi connectivity index (χ2v) is 6.15. The van der Waals surface area contributed by atoms with Crippen molar-refractivity contribution in [3.63, 3.8) is 0 Å². The van der Waals surface area contributed by atoms with Gasteiger partial charge >= 0.3 is 6.03 Å². The molecule has 2 N–H and O–H groups in total. The van der Waals surface area contributed by atoms with Crippen molar-refractivity contribution in [1.29, 1.82) is 0 Å². The van der Waals surface area contributed by atoms with Gasteiger partial charge in [-0.3, -0.25) is 0 Å². The normalized spacial score (nSPS) is 10.3. The standard InChI is InChI=1S/C19H22Cl2N2O4/c1-4-25-16-10-13(11-17(26-5-2)18(16)27-6-3)22-19(24)23-15-8-7-12(20)9-14(15)21/h7-11H,4-6H2,1-3H3,(H2,22,23,24). The third-order valence-electron chi connectivity index (χ3n) is 3.35. The molecular formula is C19H22Cl2N2O4. The maximum absolute atomic E-state index is 12.3. The van der Waals surface area contributed by atoms with Gasteiger partial charge in [-0.2, -0.15) is 0 Å². The summed E-state index contributed by atoms with van der Waals surface area (Å²) in [7, 11) is 0. The van der Waals surface area contributed by atoms with Crippen LogP contribution in [0.5, 0.6) is 17.2 Å². The smallest absolute Gasteiger partial charge is 0.323 e. The molecule has 2 amide bonds. The van der Waals surface area contributed by atoms with Crippen molar-refractivity contribution in [2.75, 3.05) is 30.5 Å². The molecular weight excluding hydrogens is 391 g/mol. The number of anilines is 2. The van der Waals surface area contributed by atoms with Crippen molar-refractivity contribution in [3.05, 3.63) is 40.4 Å². The molecule has 0 spiro atoms. The van der Waals surface area contributed by atoms with Crippen molar-refractivity contribution in [2.45, 2.75) is 20.8 Å². The van der Waals surface area contributed by atoms with Crippen LogP contribution in [0.3, 0.4) is 0 Å². The second kappa shape index (κ2) is 10.1. The van der Waals surface area contributed by atoms with Crippen LogP contribution in [-0.2, 0) is 0 Å². The Morgan fingerprint density at radius 1 is 0.889 bits per heavy atom. The van der Waals surface area contributed by atoms with E-state index in [-0.39, 0.29) is 0 Å². The van der Waals surface area contributed by atoms with Crippen molar-refractivity contribution >= 4 is 40.6 Å². The van der Waals surface area contributed by atoms with E-state index < -0.39 is 6.03 Å². The Morgan fingerprint density at radius 3 is 2.00 bits per heavy atom. The zero-order chi connectivity index (χ0) is 19.8. The molecule has 0 saturated heterocycles. The summed E-state index contributed by atoms with van der Waals surface area (Å²) in [6, 6.07) is 7.71. The minimum atomic E-state index is -0.465. The van der Waals surface area contributed by atoms with E-state index in [4.69, 9.17) is 37.4 Å². The van der Waals surface area contributed by atoms with Gasteiger partial charge in [-0.25, -0.2) is 4.79 Å². The first-order valence-electron chi connectivity index (χ1n) is 8.57. The Balaban J connectivity index is 2.24. The SMILES string of the molecule is CCOc1cc(NC(=O)Nc2ccc(Cl)cc2Cl)cc(OCC)c1OCC. The first kappa shape index (κ1) is 21.0. The van der Waals surface area contributed by atoms with Gasteiger partial charge in [0.25, 0.3) is 0 Å². The Kier molecular flexibility index (Phi) is 7.88. The summed E-state index contributed by atoms with van der Waals surface area (Å²) in [5, 5.41) is 6.25. The molecule has 0 unspecified atom stereocenters. The molecule has 146 valence electrons. The fourth-order valence-electron chi connectivity index (χ4n) is 2.34. The number of halogens is 2.